The van der Waals surface area contributed by atoms with Crippen molar-refractivity contribution in [1.29, 1.82) is 0 Å². The van der Waals surface area contributed by atoms with E-state index in [2.05, 4.69) is 0 Å². The first-order chi connectivity index (χ1) is 9.06. The number of aliphatic hydroxyl groups excluding tert-OH is 1. The van der Waals surface area contributed by atoms with Crippen LogP contribution < -0.4 is 4.74 Å². The van der Waals surface area contributed by atoms with E-state index in [4.69, 9.17) is 16.3 Å². The Hall–Kier alpha value is -1.51. The normalized spacial score (nSPS) is 13.9. The first-order valence-electron chi connectivity index (χ1n) is 6.23. The summed E-state index contributed by atoms with van der Waals surface area (Å²) in [5.41, 5.74) is 2.01. The van der Waals surface area contributed by atoms with Crippen molar-refractivity contribution in [3.8, 4) is 5.75 Å². The fourth-order valence-corrected chi connectivity index (χ4v) is 2.03. The van der Waals surface area contributed by atoms with Crippen LogP contribution in [0, 0.1) is 6.92 Å². The number of aryl methyl sites for hydroxylation is 1. The molecule has 0 fully saturated rings. The van der Waals surface area contributed by atoms with E-state index in [0.29, 0.717) is 10.8 Å². The third-order valence-corrected chi connectivity index (χ3v) is 3.22. The van der Waals surface area contributed by atoms with Crippen molar-refractivity contribution < 1.29 is 9.84 Å². The summed E-state index contributed by atoms with van der Waals surface area (Å²) in [5, 5.41) is 10.9. The van der Waals surface area contributed by atoms with E-state index < -0.39 is 6.10 Å². The molecule has 0 aromatic heterocycles. The molecule has 100 valence electrons. The Bertz CT molecular complexity index is 537. The van der Waals surface area contributed by atoms with Gasteiger partial charge in [0.2, 0.25) is 0 Å². The van der Waals surface area contributed by atoms with Crippen LogP contribution in [0.3, 0.4) is 0 Å². The Morgan fingerprint density at radius 2 is 1.79 bits per heavy atom. The SMILES string of the molecule is Cc1ccc(C(O)C(C)Oc2cccc(Cl)c2)cc1. The minimum absolute atomic E-state index is 0.346. The Morgan fingerprint density at radius 3 is 2.42 bits per heavy atom. The molecular formula is C16H17ClO2. The van der Waals surface area contributed by atoms with E-state index in [1.165, 1.54) is 5.56 Å². The molecule has 2 nitrogen and oxygen atoms in total. The zero-order valence-electron chi connectivity index (χ0n) is 11.0. The molecule has 2 aromatic carbocycles. The molecule has 0 aliphatic rings. The average Bonchev–Trinajstić information content (AvgIpc) is 2.39. The van der Waals surface area contributed by atoms with Crippen molar-refractivity contribution in [2.45, 2.75) is 26.1 Å². The van der Waals surface area contributed by atoms with Crippen LogP contribution in [0.15, 0.2) is 48.5 Å². The number of benzene rings is 2. The van der Waals surface area contributed by atoms with Crippen LogP contribution in [0.1, 0.15) is 24.2 Å². The lowest BCUT2D eigenvalue weighted by molar-refractivity contribution is 0.0467. The van der Waals surface area contributed by atoms with Gasteiger partial charge in [-0.05, 0) is 37.6 Å². The van der Waals surface area contributed by atoms with E-state index in [1.54, 1.807) is 12.1 Å². The van der Waals surface area contributed by atoms with E-state index in [9.17, 15) is 5.11 Å². The molecule has 0 heterocycles. The highest BCUT2D eigenvalue weighted by molar-refractivity contribution is 6.30. The lowest BCUT2D eigenvalue weighted by atomic mass is 10.0. The van der Waals surface area contributed by atoms with Gasteiger partial charge in [-0.3, -0.25) is 0 Å². The third kappa shape index (κ3) is 3.72. The van der Waals surface area contributed by atoms with Gasteiger partial charge in [0.25, 0.3) is 0 Å². The quantitative estimate of drug-likeness (QED) is 0.909. The second-order valence-corrected chi connectivity index (χ2v) is 5.07. The van der Waals surface area contributed by atoms with Crippen LogP contribution in [-0.2, 0) is 0 Å². The van der Waals surface area contributed by atoms with Gasteiger partial charge in [0.05, 0.1) is 0 Å². The zero-order valence-corrected chi connectivity index (χ0v) is 11.8. The fourth-order valence-electron chi connectivity index (χ4n) is 1.85. The van der Waals surface area contributed by atoms with E-state index in [0.717, 1.165) is 5.56 Å². The molecule has 0 aliphatic heterocycles. The van der Waals surface area contributed by atoms with Crippen LogP contribution in [0.5, 0.6) is 5.75 Å². The van der Waals surface area contributed by atoms with Gasteiger partial charge in [-0.15, -0.1) is 0 Å². The lowest BCUT2D eigenvalue weighted by Crippen LogP contribution is -2.21. The van der Waals surface area contributed by atoms with E-state index in [1.807, 2.05) is 50.2 Å². The molecule has 2 unspecified atom stereocenters. The maximum Gasteiger partial charge on any atom is 0.126 e. The Kier molecular flexibility index (Phi) is 4.46. The third-order valence-electron chi connectivity index (χ3n) is 2.98. The smallest absolute Gasteiger partial charge is 0.126 e. The molecule has 2 rings (SSSR count). The molecule has 2 aromatic rings. The molecule has 19 heavy (non-hydrogen) atoms. The second kappa shape index (κ2) is 6.09. The Morgan fingerprint density at radius 1 is 1.11 bits per heavy atom. The van der Waals surface area contributed by atoms with Gasteiger partial charge in [-0.2, -0.15) is 0 Å². The first kappa shape index (κ1) is 13.9. The number of halogens is 1. The molecule has 0 saturated carbocycles. The predicted octanol–water partition coefficient (Wildman–Crippen LogP) is 4.15. The summed E-state index contributed by atoms with van der Waals surface area (Å²) < 4.78 is 5.71. The molecule has 2 atom stereocenters. The molecule has 0 saturated heterocycles. The van der Waals surface area contributed by atoms with Gasteiger partial charge in [0.15, 0.2) is 0 Å². The minimum atomic E-state index is -0.667. The number of rotatable bonds is 4. The second-order valence-electron chi connectivity index (χ2n) is 4.64. The number of hydrogen-bond donors (Lipinski definition) is 1. The summed E-state index contributed by atoms with van der Waals surface area (Å²) >= 11 is 5.90. The maximum absolute atomic E-state index is 10.3. The van der Waals surface area contributed by atoms with Crippen LogP contribution in [0.4, 0.5) is 0 Å². The standard InChI is InChI=1S/C16H17ClO2/c1-11-6-8-13(9-7-11)16(18)12(2)19-15-5-3-4-14(17)10-15/h3-10,12,16,18H,1-2H3. The largest absolute Gasteiger partial charge is 0.488 e. The van der Waals surface area contributed by atoms with Crippen molar-refractivity contribution in [2.24, 2.45) is 0 Å². The van der Waals surface area contributed by atoms with Crippen LogP contribution in [0.25, 0.3) is 0 Å². The van der Waals surface area contributed by atoms with Gasteiger partial charge in [0.1, 0.15) is 18.0 Å². The van der Waals surface area contributed by atoms with Crippen molar-refractivity contribution in [1.82, 2.24) is 0 Å². The summed E-state index contributed by atoms with van der Waals surface area (Å²) in [4.78, 5) is 0. The number of hydrogen-bond acceptors (Lipinski definition) is 2. The Labute approximate surface area is 118 Å². The summed E-state index contributed by atoms with van der Waals surface area (Å²) in [7, 11) is 0. The van der Waals surface area contributed by atoms with Crippen LogP contribution in [-0.4, -0.2) is 11.2 Å². The topological polar surface area (TPSA) is 29.5 Å². The first-order valence-corrected chi connectivity index (χ1v) is 6.61. The monoisotopic (exact) mass is 276 g/mol. The molecular weight excluding hydrogens is 260 g/mol. The van der Waals surface area contributed by atoms with Crippen molar-refractivity contribution in [3.05, 3.63) is 64.7 Å². The van der Waals surface area contributed by atoms with Gasteiger partial charge >= 0.3 is 0 Å². The fraction of sp³-hybridized carbons (Fsp3) is 0.250. The summed E-state index contributed by atoms with van der Waals surface area (Å²) in [6, 6.07) is 15.0. The summed E-state index contributed by atoms with van der Waals surface area (Å²) in [6.45, 7) is 3.85. The zero-order chi connectivity index (χ0) is 13.8. The van der Waals surface area contributed by atoms with Gasteiger partial charge in [-0.25, -0.2) is 0 Å². The Balaban J connectivity index is 2.07. The van der Waals surface area contributed by atoms with E-state index >= 15 is 0 Å². The van der Waals surface area contributed by atoms with Crippen molar-refractivity contribution in [2.75, 3.05) is 0 Å². The molecule has 0 radical (unpaired) electrons. The molecule has 0 amide bonds. The van der Waals surface area contributed by atoms with E-state index in [-0.39, 0.29) is 6.10 Å². The molecule has 0 bridgehead atoms. The maximum atomic E-state index is 10.3. The predicted molar refractivity (Wildman–Crippen MR) is 77.7 cm³/mol. The molecule has 0 spiro atoms. The number of ether oxygens (including phenoxy) is 1. The number of aliphatic hydroxyl groups is 1. The van der Waals surface area contributed by atoms with Crippen molar-refractivity contribution in [3.63, 3.8) is 0 Å². The average molecular weight is 277 g/mol. The summed E-state index contributed by atoms with van der Waals surface area (Å²) in [6.07, 6.45) is -1.01. The summed E-state index contributed by atoms with van der Waals surface area (Å²) in [5.74, 6) is 0.658. The highest BCUT2D eigenvalue weighted by atomic mass is 35.5. The van der Waals surface area contributed by atoms with Crippen LogP contribution in [0.2, 0.25) is 5.02 Å². The van der Waals surface area contributed by atoms with Gasteiger partial charge in [-0.1, -0.05) is 47.5 Å². The van der Waals surface area contributed by atoms with Gasteiger partial charge in [0, 0.05) is 5.02 Å². The van der Waals surface area contributed by atoms with Gasteiger partial charge < -0.3 is 9.84 Å². The minimum Gasteiger partial charge on any atom is -0.488 e. The molecule has 0 aliphatic carbocycles. The highest BCUT2D eigenvalue weighted by Gasteiger charge is 2.17. The molecule has 3 heteroatoms. The van der Waals surface area contributed by atoms with Crippen LogP contribution >= 0.6 is 11.6 Å². The van der Waals surface area contributed by atoms with Crippen molar-refractivity contribution >= 4 is 11.6 Å². The highest BCUT2D eigenvalue weighted by Crippen LogP contribution is 2.24. The lowest BCUT2D eigenvalue weighted by Gasteiger charge is -2.21. The molecule has 1 N–H and O–H groups in total.